The van der Waals surface area contributed by atoms with E-state index in [4.69, 9.17) is 11.6 Å². The molecule has 3 rings (SSSR count). The molecule has 0 aliphatic carbocycles. The molecule has 0 spiro atoms. The minimum Gasteiger partial charge on any atom is -0.333 e. The van der Waals surface area contributed by atoms with Crippen molar-refractivity contribution in [2.75, 3.05) is 6.26 Å². The Morgan fingerprint density at radius 3 is 2.67 bits per heavy atom. The molecule has 3 aromatic rings. The zero-order valence-corrected chi connectivity index (χ0v) is 14.6. The van der Waals surface area contributed by atoms with Gasteiger partial charge in [0.1, 0.15) is 0 Å². The summed E-state index contributed by atoms with van der Waals surface area (Å²) in [6.45, 7) is 0. The van der Waals surface area contributed by atoms with Crippen LogP contribution in [0.1, 0.15) is 0 Å². The minimum absolute atomic E-state index is 0.102. The van der Waals surface area contributed by atoms with E-state index < -0.39 is 14.8 Å². The van der Waals surface area contributed by atoms with E-state index in [0.29, 0.717) is 21.2 Å². The topological polar surface area (TPSA) is 106 Å². The Morgan fingerprint density at radius 1 is 1.25 bits per heavy atom. The van der Waals surface area contributed by atoms with Crippen LogP contribution >= 0.6 is 23.4 Å². The highest BCUT2D eigenvalue weighted by Crippen LogP contribution is 2.35. The molecule has 124 valence electrons. The van der Waals surface area contributed by atoms with Crippen LogP contribution in [0.15, 0.2) is 51.3 Å². The summed E-state index contributed by atoms with van der Waals surface area (Å²) in [5.74, 6) is 0. The van der Waals surface area contributed by atoms with Gasteiger partial charge in [-0.05, 0) is 42.1 Å². The maximum Gasteiger partial charge on any atom is 0.284 e. The first-order valence-corrected chi connectivity index (χ1v) is 9.64. The third-order valence-electron chi connectivity index (χ3n) is 3.18. The van der Waals surface area contributed by atoms with Crippen molar-refractivity contribution in [3.05, 3.63) is 51.5 Å². The van der Waals surface area contributed by atoms with E-state index in [1.165, 1.54) is 12.1 Å². The molecule has 1 aromatic heterocycles. The normalized spacial score (nSPS) is 11.8. The fraction of sp³-hybridized carbons (Fsp3) is 0.0714. The van der Waals surface area contributed by atoms with Gasteiger partial charge in [0.05, 0.1) is 25.7 Å². The molecule has 0 aliphatic heterocycles. The van der Waals surface area contributed by atoms with Crippen LogP contribution < -0.4 is 0 Å². The highest BCUT2D eigenvalue weighted by molar-refractivity contribution is 7.99. The number of benzene rings is 2. The van der Waals surface area contributed by atoms with Crippen LogP contribution in [0.2, 0.25) is 5.02 Å². The minimum atomic E-state index is -3.53. The Morgan fingerprint density at radius 2 is 2.00 bits per heavy atom. The number of aromatic nitrogens is 2. The second-order valence-electron chi connectivity index (χ2n) is 4.96. The van der Waals surface area contributed by atoms with E-state index in [0.717, 1.165) is 24.1 Å². The fourth-order valence-corrected chi connectivity index (χ4v) is 3.77. The fourth-order valence-electron chi connectivity index (χ4n) is 2.07. The van der Waals surface area contributed by atoms with Gasteiger partial charge >= 0.3 is 0 Å². The number of H-pyrrole nitrogens is 1. The van der Waals surface area contributed by atoms with Gasteiger partial charge in [0.15, 0.2) is 15.0 Å². The second-order valence-corrected chi connectivity index (χ2v) is 8.45. The van der Waals surface area contributed by atoms with E-state index in [-0.39, 0.29) is 15.5 Å². The van der Waals surface area contributed by atoms with Crippen molar-refractivity contribution in [1.82, 2.24) is 9.97 Å². The van der Waals surface area contributed by atoms with E-state index in [1.807, 2.05) is 0 Å². The van der Waals surface area contributed by atoms with E-state index in [9.17, 15) is 18.5 Å². The quantitative estimate of drug-likeness (QED) is 0.544. The molecule has 2 aromatic carbocycles. The first-order chi connectivity index (χ1) is 11.2. The predicted molar refractivity (Wildman–Crippen MR) is 91.4 cm³/mol. The molecule has 0 saturated carbocycles. The summed E-state index contributed by atoms with van der Waals surface area (Å²) < 4.78 is 23.1. The van der Waals surface area contributed by atoms with Crippen LogP contribution in [0.4, 0.5) is 5.69 Å². The number of imidazole rings is 1. The summed E-state index contributed by atoms with van der Waals surface area (Å²) in [6.07, 6.45) is 1.00. The van der Waals surface area contributed by atoms with Crippen LogP contribution in [0, 0.1) is 10.1 Å². The molecule has 1 heterocycles. The highest BCUT2D eigenvalue weighted by atomic mass is 35.5. The number of nitrogens with one attached hydrogen (secondary N) is 1. The van der Waals surface area contributed by atoms with Crippen molar-refractivity contribution in [2.24, 2.45) is 0 Å². The largest absolute Gasteiger partial charge is 0.333 e. The maximum atomic E-state index is 11.6. The van der Waals surface area contributed by atoms with E-state index in [2.05, 4.69) is 9.97 Å². The lowest BCUT2D eigenvalue weighted by Gasteiger charge is -2.03. The molecule has 0 bridgehead atoms. The van der Waals surface area contributed by atoms with Crippen LogP contribution in [0.5, 0.6) is 0 Å². The number of halogens is 1. The van der Waals surface area contributed by atoms with Gasteiger partial charge in [0.25, 0.3) is 5.69 Å². The van der Waals surface area contributed by atoms with Crippen molar-refractivity contribution >= 4 is 49.9 Å². The smallest absolute Gasteiger partial charge is 0.284 e. The summed E-state index contributed by atoms with van der Waals surface area (Å²) in [7, 11) is -3.53. The summed E-state index contributed by atoms with van der Waals surface area (Å²) in [6, 6.07) is 8.93. The first kappa shape index (κ1) is 16.7. The average molecular weight is 384 g/mol. The third-order valence-corrected chi connectivity index (χ3v) is 5.48. The highest BCUT2D eigenvalue weighted by Gasteiger charge is 2.20. The molecule has 0 atom stereocenters. The number of hydrogen-bond donors (Lipinski definition) is 1. The Kier molecular flexibility index (Phi) is 4.24. The summed E-state index contributed by atoms with van der Waals surface area (Å²) >= 11 is 6.96. The van der Waals surface area contributed by atoms with Crippen molar-refractivity contribution in [3.63, 3.8) is 0 Å². The molecule has 0 aliphatic rings. The molecule has 24 heavy (non-hydrogen) atoms. The Balaban J connectivity index is 2.03. The molecular formula is C14H10ClN3O4S2. The molecule has 0 saturated heterocycles. The van der Waals surface area contributed by atoms with Crippen molar-refractivity contribution in [2.45, 2.75) is 14.9 Å². The summed E-state index contributed by atoms with van der Waals surface area (Å²) in [5.41, 5.74) is 1.10. The Bertz CT molecular complexity index is 1060. The van der Waals surface area contributed by atoms with Gasteiger partial charge < -0.3 is 4.98 Å². The van der Waals surface area contributed by atoms with Crippen molar-refractivity contribution < 1.29 is 13.3 Å². The van der Waals surface area contributed by atoms with Gasteiger partial charge in [0.2, 0.25) is 0 Å². The van der Waals surface area contributed by atoms with Gasteiger partial charge in [-0.15, -0.1) is 0 Å². The average Bonchev–Trinajstić information content (AvgIpc) is 2.87. The SMILES string of the molecule is CS(=O)(=O)c1ccc(Sc2nc3ccc(Cl)cc3[nH]2)c([N+](=O)[O-])c1. The molecule has 0 amide bonds. The maximum absolute atomic E-state index is 11.6. The standard InChI is InChI=1S/C14H10ClN3O4S2/c1-24(21,22)9-3-5-13(12(7-9)18(19)20)23-14-16-10-4-2-8(15)6-11(10)17-14/h2-7H,1H3,(H,16,17). The number of nitro benzene ring substituents is 1. The lowest BCUT2D eigenvalue weighted by molar-refractivity contribution is -0.388. The predicted octanol–water partition coefficient (Wildman–Crippen LogP) is 3.68. The number of sulfone groups is 1. The molecule has 7 nitrogen and oxygen atoms in total. The van der Waals surface area contributed by atoms with Crippen LogP contribution in [-0.4, -0.2) is 29.6 Å². The van der Waals surface area contributed by atoms with E-state index in [1.54, 1.807) is 18.2 Å². The molecular weight excluding hydrogens is 374 g/mol. The summed E-state index contributed by atoms with van der Waals surface area (Å²) in [4.78, 5) is 18.2. The number of fused-ring (bicyclic) bond motifs is 1. The monoisotopic (exact) mass is 383 g/mol. The molecule has 1 N–H and O–H groups in total. The van der Waals surface area contributed by atoms with Crippen molar-refractivity contribution in [1.29, 1.82) is 0 Å². The molecule has 10 heteroatoms. The van der Waals surface area contributed by atoms with Crippen molar-refractivity contribution in [3.8, 4) is 0 Å². The van der Waals surface area contributed by atoms with Crippen LogP contribution in [0.3, 0.4) is 0 Å². The summed E-state index contributed by atoms with van der Waals surface area (Å²) in [5, 5.41) is 12.3. The first-order valence-electron chi connectivity index (χ1n) is 6.55. The lowest BCUT2D eigenvalue weighted by Crippen LogP contribution is -1.99. The lowest BCUT2D eigenvalue weighted by atomic mass is 10.3. The van der Waals surface area contributed by atoms with Gasteiger partial charge in [0, 0.05) is 17.3 Å². The van der Waals surface area contributed by atoms with E-state index >= 15 is 0 Å². The number of nitro groups is 1. The number of aromatic amines is 1. The van der Waals surface area contributed by atoms with Crippen LogP contribution in [-0.2, 0) is 9.84 Å². The van der Waals surface area contributed by atoms with Gasteiger partial charge in [-0.3, -0.25) is 10.1 Å². The van der Waals surface area contributed by atoms with Crippen LogP contribution in [0.25, 0.3) is 11.0 Å². The molecule has 0 radical (unpaired) electrons. The van der Waals surface area contributed by atoms with Gasteiger partial charge in [-0.2, -0.15) is 0 Å². The zero-order valence-electron chi connectivity index (χ0n) is 12.2. The number of nitrogens with zero attached hydrogens (tertiary/aromatic N) is 2. The Hall–Kier alpha value is -2.10. The second kappa shape index (κ2) is 6.08. The van der Waals surface area contributed by atoms with Gasteiger partial charge in [-0.25, -0.2) is 13.4 Å². The van der Waals surface area contributed by atoms with Gasteiger partial charge in [-0.1, -0.05) is 11.6 Å². The molecule has 0 fully saturated rings. The number of hydrogen-bond acceptors (Lipinski definition) is 6. The number of rotatable bonds is 4. The molecule has 0 unspecified atom stereocenters. The Labute approximate surface area is 146 Å². The zero-order chi connectivity index (χ0) is 17.5. The third kappa shape index (κ3) is 3.37.